The van der Waals surface area contributed by atoms with E-state index in [0.717, 1.165) is 5.56 Å². The zero-order valence-corrected chi connectivity index (χ0v) is 18.9. The Morgan fingerprint density at radius 3 is 2.30 bits per heavy atom. The Morgan fingerprint density at radius 2 is 1.73 bits per heavy atom. The summed E-state index contributed by atoms with van der Waals surface area (Å²) in [5, 5.41) is 3.38. The number of halogens is 1. The molecule has 1 N–H and O–H groups in total. The molecule has 0 aliphatic carbocycles. The molecule has 5 nitrogen and oxygen atoms in total. The van der Waals surface area contributed by atoms with Crippen LogP contribution in [0.15, 0.2) is 48.5 Å². The van der Waals surface area contributed by atoms with Gasteiger partial charge in [0, 0.05) is 18.1 Å². The minimum absolute atomic E-state index is 0.151. The van der Waals surface area contributed by atoms with Crippen LogP contribution in [0.3, 0.4) is 0 Å². The first-order valence-electron chi connectivity index (χ1n) is 10.4. The van der Waals surface area contributed by atoms with Gasteiger partial charge in [-0.15, -0.1) is 0 Å². The highest BCUT2D eigenvalue weighted by molar-refractivity contribution is 6.31. The van der Waals surface area contributed by atoms with E-state index in [1.54, 1.807) is 11.0 Å². The van der Waals surface area contributed by atoms with Gasteiger partial charge in [0.15, 0.2) is 6.61 Å². The Labute approximate surface area is 184 Å². The van der Waals surface area contributed by atoms with Crippen LogP contribution < -0.4 is 10.1 Å². The van der Waals surface area contributed by atoms with Gasteiger partial charge in [-0.1, -0.05) is 62.7 Å². The molecule has 30 heavy (non-hydrogen) atoms. The fourth-order valence-corrected chi connectivity index (χ4v) is 3.39. The normalized spacial score (nSPS) is 11.8. The maximum absolute atomic E-state index is 13.1. The molecule has 2 aromatic carbocycles. The molecule has 6 heteroatoms. The van der Waals surface area contributed by atoms with E-state index in [1.807, 2.05) is 56.3 Å². The van der Waals surface area contributed by atoms with Crippen LogP contribution in [0.4, 0.5) is 0 Å². The Kier molecular flexibility index (Phi) is 9.18. The smallest absolute Gasteiger partial charge is 0.261 e. The van der Waals surface area contributed by atoms with E-state index in [2.05, 4.69) is 19.2 Å². The highest BCUT2D eigenvalue weighted by atomic mass is 35.5. The molecule has 0 aliphatic heterocycles. The maximum Gasteiger partial charge on any atom is 0.261 e. The molecular weight excluding hydrogens is 400 g/mol. The summed E-state index contributed by atoms with van der Waals surface area (Å²) < 4.78 is 5.73. The largest absolute Gasteiger partial charge is 0.484 e. The van der Waals surface area contributed by atoms with Gasteiger partial charge in [0.25, 0.3) is 5.91 Å². The number of nitrogens with zero attached hydrogens (tertiary/aromatic N) is 1. The molecule has 0 bridgehead atoms. The number of hydrogen-bond donors (Lipinski definition) is 1. The molecule has 1 atom stereocenters. The van der Waals surface area contributed by atoms with E-state index in [-0.39, 0.29) is 25.0 Å². The van der Waals surface area contributed by atoms with Crippen LogP contribution in [0, 0.1) is 0 Å². The number of nitrogens with one attached hydrogen (secondary N) is 1. The zero-order chi connectivity index (χ0) is 22.1. The highest BCUT2D eigenvalue weighted by Crippen LogP contribution is 2.21. The molecule has 0 fully saturated rings. The van der Waals surface area contributed by atoms with Crippen LogP contribution in [0.5, 0.6) is 5.75 Å². The van der Waals surface area contributed by atoms with Crippen molar-refractivity contribution in [1.29, 1.82) is 0 Å². The van der Waals surface area contributed by atoms with Gasteiger partial charge in [-0.25, -0.2) is 0 Å². The minimum atomic E-state index is -0.597. The molecule has 0 aromatic heterocycles. The van der Waals surface area contributed by atoms with Crippen LogP contribution in [0.1, 0.15) is 51.2 Å². The van der Waals surface area contributed by atoms with Crippen molar-refractivity contribution in [3.05, 3.63) is 64.7 Å². The summed E-state index contributed by atoms with van der Waals surface area (Å²) in [6, 6.07) is 14.5. The standard InChI is InChI=1S/C24H31ClN2O3/c1-5-22(24(29)26-6-2)27(15-19-9-7-8-10-21(19)25)23(28)16-30-20-13-11-18(12-14-20)17(3)4/h7-14,17,22H,5-6,15-16H2,1-4H3,(H,26,29)/t22-/m0/s1. The molecule has 0 heterocycles. The first-order chi connectivity index (χ1) is 14.4. The maximum atomic E-state index is 13.1. The summed E-state index contributed by atoms with van der Waals surface area (Å²) in [7, 11) is 0. The van der Waals surface area contributed by atoms with Crippen LogP contribution in [0.2, 0.25) is 5.02 Å². The van der Waals surface area contributed by atoms with Crippen LogP contribution in [-0.2, 0) is 16.1 Å². The third kappa shape index (κ3) is 6.49. The van der Waals surface area contributed by atoms with E-state index in [4.69, 9.17) is 16.3 Å². The van der Waals surface area contributed by atoms with E-state index in [9.17, 15) is 9.59 Å². The molecular formula is C24H31ClN2O3. The molecule has 0 unspecified atom stereocenters. The summed E-state index contributed by atoms with van der Waals surface area (Å²) in [6.07, 6.45) is 0.491. The van der Waals surface area contributed by atoms with E-state index in [0.29, 0.717) is 29.7 Å². The Bertz CT molecular complexity index is 837. The summed E-state index contributed by atoms with van der Waals surface area (Å²) in [5.74, 6) is 0.605. The summed E-state index contributed by atoms with van der Waals surface area (Å²) in [4.78, 5) is 27.2. The summed E-state index contributed by atoms with van der Waals surface area (Å²) in [5.41, 5.74) is 1.99. The van der Waals surface area contributed by atoms with Crippen molar-refractivity contribution in [2.24, 2.45) is 0 Å². The molecule has 2 rings (SSSR count). The monoisotopic (exact) mass is 430 g/mol. The van der Waals surface area contributed by atoms with Crippen molar-refractivity contribution in [1.82, 2.24) is 10.2 Å². The predicted molar refractivity (Wildman–Crippen MR) is 121 cm³/mol. The van der Waals surface area contributed by atoms with Crippen molar-refractivity contribution >= 4 is 23.4 Å². The number of rotatable bonds is 10. The fourth-order valence-electron chi connectivity index (χ4n) is 3.20. The second-order valence-corrected chi connectivity index (χ2v) is 7.85. The number of carbonyl (C=O) groups excluding carboxylic acids is 2. The lowest BCUT2D eigenvalue weighted by Gasteiger charge is -2.30. The van der Waals surface area contributed by atoms with Crippen molar-refractivity contribution in [3.63, 3.8) is 0 Å². The lowest BCUT2D eigenvalue weighted by Crippen LogP contribution is -2.50. The minimum Gasteiger partial charge on any atom is -0.484 e. The average molecular weight is 431 g/mol. The lowest BCUT2D eigenvalue weighted by atomic mass is 10.0. The molecule has 0 spiro atoms. The molecule has 0 saturated heterocycles. The van der Waals surface area contributed by atoms with E-state index < -0.39 is 6.04 Å². The van der Waals surface area contributed by atoms with Gasteiger partial charge in [-0.2, -0.15) is 0 Å². The number of hydrogen-bond acceptors (Lipinski definition) is 3. The molecule has 2 amide bonds. The molecule has 0 radical (unpaired) electrons. The van der Waals surface area contributed by atoms with E-state index >= 15 is 0 Å². The van der Waals surface area contributed by atoms with Gasteiger partial charge in [0.2, 0.25) is 5.91 Å². The predicted octanol–water partition coefficient (Wildman–Crippen LogP) is 4.79. The van der Waals surface area contributed by atoms with Gasteiger partial charge >= 0.3 is 0 Å². The topological polar surface area (TPSA) is 58.6 Å². The van der Waals surface area contributed by atoms with Gasteiger partial charge < -0.3 is 15.0 Å². The Balaban J connectivity index is 2.18. The van der Waals surface area contributed by atoms with Crippen molar-refractivity contribution in [2.45, 2.75) is 52.6 Å². The first-order valence-corrected chi connectivity index (χ1v) is 10.8. The number of amides is 2. The number of ether oxygens (including phenoxy) is 1. The SMILES string of the molecule is CCNC(=O)[C@H](CC)N(Cc1ccccc1Cl)C(=O)COc1ccc(C(C)C)cc1. The third-order valence-electron chi connectivity index (χ3n) is 4.94. The van der Waals surface area contributed by atoms with Crippen molar-refractivity contribution in [3.8, 4) is 5.75 Å². The summed E-state index contributed by atoms with van der Waals surface area (Å²) in [6.45, 7) is 8.58. The number of likely N-dealkylation sites (N-methyl/N-ethyl adjacent to an activating group) is 1. The fraction of sp³-hybridized carbons (Fsp3) is 0.417. The lowest BCUT2D eigenvalue weighted by molar-refractivity contribution is -0.142. The number of carbonyl (C=O) groups is 2. The third-order valence-corrected chi connectivity index (χ3v) is 5.31. The van der Waals surface area contributed by atoms with Crippen molar-refractivity contribution < 1.29 is 14.3 Å². The molecule has 0 aliphatic rings. The molecule has 2 aromatic rings. The number of benzene rings is 2. The second-order valence-electron chi connectivity index (χ2n) is 7.44. The Hall–Kier alpha value is -2.53. The Morgan fingerprint density at radius 1 is 1.07 bits per heavy atom. The van der Waals surface area contributed by atoms with Gasteiger partial charge in [0.1, 0.15) is 11.8 Å². The van der Waals surface area contributed by atoms with E-state index in [1.165, 1.54) is 5.56 Å². The van der Waals surface area contributed by atoms with Crippen LogP contribution in [-0.4, -0.2) is 35.9 Å². The van der Waals surface area contributed by atoms with Gasteiger partial charge in [0.05, 0.1) is 0 Å². The highest BCUT2D eigenvalue weighted by Gasteiger charge is 2.29. The quantitative estimate of drug-likeness (QED) is 0.589. The van der Waals surface area contributed by atoms with Gasteiger partial charge in [-0.05, 0) is 48.6 Å². The van der Waals surface area contributed by atoms with Crippen LogP contribution >= 0.6 is 11.6 Å². The van der Waals surface area contributed by atoms with Crippen LogP contribution in [0.25, 0.3) is 0 Å². The zero-order valence-electron chi connectivity index (χ0n) is 18.2. The molecule has 0 saturated carbocycles. The average Bonchev–Trinajstić information content (AvgIpc) is 2.73. The van der Waals surface area contributed by atoms with Crippen molar-refractivity contribution in [2.75, 3.05) is 13.2 Å². The van der Waals surface area contributed by atoms with Gasteiger partial charge in [-0.3, -0.25) is 9.59 Å². The first kappa shape index (κ1) is 23.7. The second kappa shape index (κ2) is 11.6. The summed E-state index contributed by atoms with van der Waals surface area (Å²) >= 11 is 6.31. The molecule has 162 valence electrons.